The Kier molecular flexibility index (Phi) is 4.30. The molecule has 0 aliphatic heterocycles. The fraction of sp³-hybridized carbons (Fsp3) is 0.300. The number of aryl methyl sites for hydroxylation is 2. The van der Waals surface area contributed by atoms with Crippen LogP contribution in [0.3, 0.4) is 0 Å². The maximum atomic E-state index is 6.12. The monoisotopic (exact) mass is 292 g/mol. The quantitative estimate of drug-likeness (QED) is 0.748. The van der Waals surface area contributed by atoms with E-state index in [4.69, 9.17) is 5.73 Å². The molecule has 2 heteroatoms. The SMILES string of the molecule is CCn1cc(C(CN)Cc2ccc(C)cc2)c2ccccc21. The number of hydrogen-bond donors (Lipinski definition) is 1. The van der Waals surface area contributed by atoms with Crippen molar-refractivity contribution in [2.45, 2.75) is 32.7 Å². The van der Waals surface area contributed by atoms with E-state index in [1.165, 1.54) is 27.6 Å². The lowest BCUT2D eigenvalue weighted by Crippen LogP contribution is -2.15. The minimum absolute atomic E-state index is 0.361. The highest BCUT2D eigenvalue weighted by Gasteiger charge is 2.16. The first kappa shape index (κ1) is 14.9. The Morgan fingerprint density at radius 2 is 1.77 bits per heavy atom. The largest absolute Gasteiger partial charge is 0.347 e. The molecule has 2 nitrogen and oxygen atoms in total. The Morgan fingerprint density at radius 1 is 1.05 bits per heavy atom. The van der Waals surface area contributed by atoms with E-state index in [0.29, 0.717) is 12.5 Å². The minimum Gasteiger partial charge on any atom is -0.347 e. The molecule has 0 bridgehead atoms. The number of nitrogens with two attached hydrogens (primary N) is 1. The van der Waals surface area contributed by atoms with Crippen molar-refractivity contribution in [2.75, 3.05) is 6.54 Å². The molecule has 0 aliphatic carbocycles. The number of para-hydroxylation sites is 1. The summed E-state index contributed by atoms with van der Waals surface area (Å²) in [5, 5.41) is 1.34. The van der Waals surface area contributed by atoms with Crippen molar-refractivity contribution in [3.63, 3.8) is 0 Å². The van der Waals surface area contributed by atoms with Gasteiger partial charge in [0.25, 0.3) is 0 Å². The van der Waals surface area contributed by atoms with Crippen molar-refractivity contribution in [3.8, 4) is 0 Å². The van der Waals surface area contributed by atoms with Gasteiger partial charge in [0.2, 0.25) is 0 Å². The van der Waals surface area contributed by atoms with Crippen LogP contribution in [0.5, 0.6) is 0 Å². The Morgan fingerprint density at radius 3 is 2.45 bits per heavy atom. The number of benzene rings is 2. The average Bonchev–Trinajstić information content (AvgIpc) is 2.93. The fourth-order valence-corrected chi connectivity index (χ4v) is 3.19. The van der Waals surface area contributed by atoms with E-state index >= 15 is 0 Å². The van der Waals surface area contributed by atoms with Crippen molar-refractivity contribution in [3.05, 3.63) is 71.4 Å². The van der Waals surface area contributed by atoms with Crippen molar-refractivity contribution in [2.24, 2.45) is 5.73 Å². The summed E-state index contributed by atoms with van der Waals surface area (Å²) in [7, 11) is 0. The van der Waals surface area contributed by atoms with Gasteiger partial charge in [0, 0.05) is 29.6 Å². The van der Waals surface area contributed by atoms with Gasteiger partial charge < -0.3 is 10.3 Å². The normalized spacial score (nSPS) is 12.7. The zero-order valence-electron chi connectivity index (χ0n) is 13.4. The summed E-state index contributed by atoms with van der Waals surface area (Å²) >= 11 is 0. The van der Waals surface area contributed by atoms with Gasteiger partial charge in [0.1, 0.15) is 0 Å². The van der Waals surface area contributed by atoms with Crippen LogP contribution in [0.15, 0.2) is 54.7 Å². The predicted molar refractivity (Wildman–Crippen MR) is 94.3 cm³/mol. The van der Waals surface area contributed by atoms with E-state index < -0.39 is 0 Å². The zero-order chi connectivity index (χ0) is 15.5. The number of rotatable bonds is 5. The molecule has 1 aromatic heterocycles. The number of aromatic nitrogens is 1. The third-order valence-electron chi connectivity index (χ3n) is 4.49. The molecule has 0 amide bonds. The molecule has 3 rings (SSSR count). The van der Waals surface area contributed by atoms with E-state index in [-0.39, 0.29) is 0 Å². The lowest BCUT2D eigenvalue weighted by Gasteiger charge is -2.14. The van der Waals surface area contributed by atoms with Gasteiger partial charge in [-0.05, 0) is 44.0 Å². The molecule has 3 aromatic rings. The topological polar surface area (TPSA) is 30.9 Å². The first-order valence-electron chi connectivity index (χ1n) is 8.06. The summed E-state index contributed by atoms with van der Waals surface area (Å²) in [6, 6.07) is 17.4. The van der Waals surface area contributed by atoms with Crippen LogP contribution in [0.2, 0.25) is 0 Å². The number of fused-ring (bicyclic) bond motifs is 1. The van der Waals surface area contributed by atoms with Gasteiger partial charge in [-0.3, -0.25) is 0 Å². The molecule has 0 radical (unpaired) electrons. The molecule has 2 N–H and O–H groups in total. The summed E-state index contributed by atoms with van der Waals surface area (Å²) < 4.78 is 2.32. The molecule has 1 atom stereocenters. The lowest BCUT2D eigenvalue weighted by atomic mass is 9.91. The van der Waals surface area contributed by atoms with E-state index in [2.05, 4.69) is 73.1 Å². The highest BCUT2D eigenvalue weighted by Crippen LogP contribution is 2.29. The first-order chi connectivity index (χ1) is 10.7. The molecular weight excluding hydrogens is 268 g/mol. The maximum Gasteiger partial charge on any atom is 0.0483 e. The molecule has 0 saturated carbocycles. The van der Waals surface area contributed by atoms with Crippen LogP contribution < -0.4 is 5.73 Å². The number of nitrogens with zero attached hydrogens (tertiary/aromatic N) is 1. The molecule has 0 fully saturated rings. The lowest BCUT2D eigenvalue weighted by molar-refractivity contribution is 0.690. The average molecular weight is 292 g/mol. The molecular formula is C20H24N2. The summed E-state index contributed by atoms with van der Waals surface area (Å²) in [6.45, 7) is 5.97. The van der Waals surface area contributed by atoms with Crippen LogP contribution in [-0.4, -0.2) is 11.1 Å². The Labute approximate surface area is 132 Å². The van der Waals surface area contributed by atoms with E-state index in [1.807, 2.05) is 0 Å². The number of hydrogen-bond acceptors (Lipinski definition) is 1. The van der Waals surface area contributed by atoms with Gasteiger partial charge in [-0.2, -0.15) is 0 Å². The summed E-state index contributed by atoms with van der Waals surface area (Å²) in [5.74, 6) is 0.361. The summed E-state index contributed by atoms with van der Waals surface area (Å²) in [5.41, 5.74) is 11.5. The Balaban J connectivity index is 1.98. The summed E-state index contributed by atoms with van der Waals surface area (Å²) in [6.07, 6.45) is 3.28. The molecule has 0 aliphatic rings. The molecule has 1 unspecified atom stereocenters. The predicted octanol–water partition coefficient (Wildman–Crippen LogP) is 4.25. The van der Waals surface area contributed by atoms with Gasteiger partial charge in [0.15, 0.2) is 0 Å². The van der Waals surface area contributed by atoms with Crippen molar-refractivity contribution in [1.29, 1.82) is 0 Å². The van der Waals surface area contributed by atoms with Crippen LogP contribution in [0.1, 0.15) is 29.5 Å². The highest BCUT2D eigenvalue weighted by atomic mass is 14.9. The second kappa shape index (κ2) is 6.37. The van der Waals surface area contributed by atoms with E-state index in [9.17, 15) is 0 Å². The van der Waals surface area contributed by atoms with Crippen molar-refractivity contribution >= 4 is 10.9 Å². The van der Waals surface area contributed by atoms with Gasteiger partial charge in [-0.1, -0.05) is 48.0 Å². The third kappa shape index (κ3) is 2.79. The standard InChI is InChI=1S/C20H24N2/c1-3-22-14-19(18-6-4-5-7-20(18)22)17(13-21)12-16-10-8-15(2)9-11-16/h4-11,14,17H,3,12-13,21H2,1-2H3. The van der Waals surface area contributed by atoms with Crippen molar-refractivity contribution in [1.82, 2.24) is 4.57 Å². The molecule has 0 spiro atoms. The van der Waals surface area contributed by atoms with Crippen LogP contribution in [0.4, 0.5) is 0 Å². The highest BCUT2D eigenvalue weighted by molar-refractivity contribution is 5.84. The third-order valence-corrected chi connectivity index (χ3v) is 4.49. The van der Waals surface area contributed by atoms with Gasteiger partial charge >= 0.3 is 0 Å². The van der Waals surface area contributed by atoms with Gasteiger partial charge in [0.05, 0.1) is 0 Å². The van der Waals surface area contributed by atoms with Crippen LogP contribution in [0.25, 0.3) is 10.9 Å². The Hall–Kier alpha value is -2.06. The van der Waals surface area contributed by atoms with Gasteiger partial charge in [-0.15, -0.1) is 0 Å². The molecule has 1 heterocycles. The Bertz CT molecular complexity index is 753. The molecule has 0 saturated heterocycles. The minimum atomic E-state index is 0.361. The fourth-order valence-electron chi connectivity index (χ4n) is 3.19. The smallest absolute Gasteiger partial charge is 0.0483 e. The molecule has 2 aromatic carbocycles. The molecule has 114 valence electrons. The second-order valence-corrected chi connectivity index (χ2v) is 6.01. The zero-order valence-corrected chi connectivity index (χ0v) is 13.4. The van der Waals surface area contributed by atoms with Crippen LogP contribution >= 0.6 is 0 Å². The first-order valence-corrected chi connectivity index (χ1v) is 8.06. The van der Waals surface area contributed by atoms with E-state index in [1.54, 1.807) is 0 Å². The van der Waals surface area contributed by atoms with Gasteiger partial charge in [-0.25, -0.2) is 0 Å². The second-order valence-electron chi connectivity index (χ2n) is 6.01. The summed E-state index contributed by atoms with van der Waals surface area (Å²) in [4.78, 5) is 0. The van der Waals surface area contributed by atoms with Crippen LogP contribution in [-0.2, 0) is 13.0 Å². The van der Waals surface area contributed by atoms with E-state index in [0.717, 1.165) is 13.0 Å². The maximum absolute atomic E-state index is 6.12. The van der Waals surface area contributed by atoms with Crippen molar-refractivity contribution < 1.29 is 0 Å². The van der Waals surface area contributed by atoms with Crippen LogP contribution in [0, 0.1) is 6.92 Å². The molecule has 22 heavy (non-hydrogen) atoms.